The van der Waals surface area contributed by atoms with E-state index in [2.05, 4.69) is 30.6 Å². The molecule has 0 radical (unpaired) electrons. The molecule has 4 saturated heterocycles. The zero-order valence-corrected chi connectivity index (χ0v) is 45.5. The number of nitrogens with zero attached hydrogens (tertiary/aromatic N) is 7. The molecule has 1 saturated carbocycles. The number of H-pyrrole nitrogens is 1. The number of benzene rings is 4. The highest BCUT2D eigenvalue weighted by atomic mass is 19.1. The molecule has 0 bridgehead atoms. The Hall–Kier alpha value is -6.96. The van der Waals surface area contributed by atoms with Crippen LogP contribution in [0.15, 0.2) is 89.7 Å². The highest BCUT2D eigenvalue weighted by Crippen LogP contribution is 2.31. The second kappa shape index (κ2) is 26.1. The molecule has 1 unspecified atom stereocenters. The maximum atomic E-state index is 15.1. The SMILES string of the molecule is O=C(N[C@@H](C(=O)N1CCN(CC2CCN(CC(=O)N3CCN(C(=O)c4cc(Cc5n[nH]c(=O)c6ccccc56)ccc4F)CC3)CC2)CC1)C1CCCCC1)c1cccc(C2CCCN(C(=O)CNCc3ccc(F)cc3F)C2)c1. The number of piperazine rings is 2. The highest BCUT2D eigenvalue weighted by molar-refractivity contribution is 5.98. The van der Waals surface area contributed by atoms with Gasteiger partial charge in [-0.3, -0.25) is 38.6 Å². The fourth-order valence-electron chi connectivity index (χ4n) is 12.6. The lowest BCUT2D eigenvalue weighted by Gasteiger charge is -2.41. The van der Waals surface area contributed by atoms with Crippen molar-refractivity contribution in [2.45, 2.75) is 82.7 Å². The molecule has 19 heteroatoms. The number of piperidine rings is 2. The van der Waals surface area contributed by atoms with Crippen LogP contribution >= 0.6 is 0 Å². The molecule has 5 aromatic rings. The molecule has 5 fully saturated rings. The number of hydrogen-bond acceptors (Lipinski definition) is 10. The van der Waals surface area contributed by atoms with Gasteiger partial charge in [-0.2, -0.15) is 5.10 Å². The summed E-state index contributed by atoms with van der Waals surface area (Å²) in [5.74, 6) is -2.18. The number of amides is 5. The Kier molecular flexibility index (Phi) is 18.4. The number of hydrogen-bond donors (Lipinski definition) is 3. The third-order valence-corrected chi connectivity index (χ3v) is 17.3. The average molecular weight is 1100 g/mol. The third-order valence-electron chi connectivity index (χ3n) is 17.3. The van der Waals surface area contributed by atoms with Crippen LogP contribution in [0, 0.1) is 29.3 Å². The summed E-state index contributed by atoms with van der Waals surface area (Å²) in [5, 5.41) is 14.2. The molecule has 5 heterocycles. The van der Waals surface area contributed by atoms with Crippen LogP contribution in [0.4, 0.5) is 13.2 Å². The smallest absolute Gasteiger partial charge is 0.272 e. The van der Waals surface area contributed by atoms with Crippen molar-refractivity contribution in [2.24, 2.45) is 11.8 Å². The summed E-state index contributed by atoms with van der Waals surface area (Å²) in [6.45, 7) is 8.06. The van der Waals surface area contributed by atoms with Crippen LogP contribution < -0.4 is 16.2 Å². The monoisotopic (exact) mass is 1100 g/mol. The predicted molar refractivity (Wildman–Crippen MR) is 297 cm³/mol. The standard InChI is InChI=1S/C61H73F3N10O6/c62-48-17-16-46(53(64)35-48)36-65-37-55(75)74-21-7-12-47(39-74)44-10-6-11-45(34-44)58(77)66-57(43-8-2-1-3-9-43)61(80)73-26-24-70(25-27-73)38-41-19-22-69(23-20-41)40-56(76)71-28-30-72(31-29-71)60(79)51-32-42(15-18-52(51)63)33-54-49-13-4-5-14-50(49)59(78)68-67-54/h4-6,10-11,13-18,32,34-35,41,43,47,57,65H,1-3,7-9,12,19-31,33,36-40H2,(H,66,77)(H,68,78)/t47?,57-/m1/s1. The first-order chi connectivity index (χ1) is 38.8. The number of nitrogens with one attached hydrogen (secondary N) is 3. The average Bonchev–Trinajstić information content (AvgIpc) is 3.50. The number of aromatic nitrogens is 2. The Morgan fingerprint density at radius 2 is 1.39 bits per heavy atom. The van der Waals surface area contributed by atoms with E-state index in [1.54, 1.807) is 45.0 Å². The number of carbonyl (C=O) groups is 5. The fraction of sp³-hybridized carbons (Fsp3) is 0.492. The molecule has 5 aliphatic rings. The van der Waals surface area contributed by atoms with Crippen LogP contribution in [0.25, 0.3) is 10.8 Å². The third kappa shape index (κ3) is 13.8. The number of halogens is 3. The van der Waals surface area contributed by atoms with Crippen molar-refractivity contribution in [3.05, 3.63) is 146 Å². The first-order valence-corrected chi connectivity index (χ1v) is 28.7. The maximum Gasteiger partial charge on any atom is 0.272 e. The van der Waals surface area contributed by atoms with Crippen molar-refractivity contribution >= 4 is 40.3 Å². The molecule has 3 N–H and O–H groups in total. The molecule has 4 aromatic carbocycles. The topological polar surface area (TPSA) is 175 Å². The highest BCUT2D eigenvalue weighted by Gasteiger charge is 2.37. The summed E-state index contributed by atoms with van der Waals surface area (Å²) < 4.78 is 42.6. The summed E-state index contributed by atoms with van der Waals surface area (Å²) >= 11 is 0. The van der Waals surface area contributed by atoms with E-state index in [0.717, 1.165) is 102 Å². The van der Waals surface area contributed by atoms with Gasteiger partial charge in [0, 0.05) is 113 Å². The van der Waals surface area contributed by atoms with Crippen LogP contribution in [0.2, 0.25) is 0 Å². The van der Waals surface area contributed by atoms with Crippen LogP contribution in [-0.2, 0) is 27.3 Å². The number of aromatic amines is 1. The maximum absolute atomic E-state index is 15.1. The summed E-state index contributed by atoms with van der Waals surface area (Å²) in [6.07, 6.45) is 8.81. The lowest BCUT2D eigenvalue weighted by atomic mass is 9.83. The van der Waals surface area contributed by atoms with Crippen molar-refractivity contribution in [1.29, 1.82) is 0 Å². The van der Waals surface area contributed by atoms with E-state index in [1.807, 2.05) is 35.2 Å². The normalized spacial score (nSPS) is 19.5. The molecule has 16 nitrogen and oxygen atoms in total. The molecule has 10 rings (SSSR count). The van der Waals surface area contributed by atoms with E-state index in [-0.39, 0.29) is 65.2 Å². The van der Waals surface area contributed by atoms with Crippen LogP contribution in [0.3, 0.4) is 0 Å². The molecular formula is C61H73F3N10O6. The largest absolute Gasteiger partial charge is 0.341 e. The molecule has 4 aliphatic heterocycles. The van der Waals surface area contributed by atoms with E-state index in [0.29, 0.717) is 98.8 Å². The van der Waals surface area contributed by atoms with Crippen molar-refractivity contribution in [3.63, 3.8) is 0 Å². The lowest BCUT2D eigenvalue weighted by molar-refractivity contribution is -0.137. The van der Waals surface area contributed by atoms with Gasteiger partial charge in [-0.05, 0) is 111 Å². The van der Waals surface area contributed by atoms with Gasteiger partial charge >= 0.3 is 0 Å². The van der Waals surface area contributed by atoms with Gasteiger partial charge in [0.2, 0.25) is 17.7 Å². The quantitative estimate of drug-likeness (QED) is 0.107. The van der Waals surface area contributed by atoms with E-state index in [1.165, 1.54) is 18.2 Å². The summed E-state index contributed by atoms with van der Waals surface area (Å²) in [7, 11) is 0. The molecule has 5 amide bonds. The summed E-state index contributed by atoms with van der Waals surface area (Å²) in [4.78, 5) is 93.0. The Bertz CT molecular complexity index is 3090. The Balaban J connectivity index is 0.651. The number of fused-ring (bicyclic) bond motifs is 1. The zero-order valence-electron chi connectivity index (χ0n) is 45.5. The van der Waals surface area contributed by atoms with Crippen molar-refractivity contribution in [1.82, 2.24) is 50.2 Å². The number of rotatable bonds is 16. The molecule has 80 heavy (non-hydrogen) atoms. The van der Waals surface area contributed by atoms with E-state index in [4.69, 9.17) is 0 Å². The van der Waals surface area contributed by atoms with Gasteiger partial charge in [0.25, 0.3) is 17.4 Å². The zero-order chi connectivity index (χ0) is 55.7. The minimum atomic E-state index is -0.659. The van der Waals surface area contributed by atoms with E-state index in [9.17, 15) is 37.5 Å². The molecular weight excluding hydrogens is 1030 g/mol. The van der Waals surface area contributed by atoms with Gasteiger partial charge in [0.15, 0.2) is 0 Å². The fourth-order valence-corrected chi connectivity index (χ4v) is 12.6. The van der Waals surface area contributed by atoms with E-state index >= 15 is 4.39 Å². The Morgan fingerprint density at radius 3 is 2.15 bits per heavy atom. The van der Waals surface area contributed by atoms with Gasteiger partial charge in [0.05, 0.1) is 29.7 Å². The van der Waals surface area contributed by atoms with Crippen LogP contribution in [-0.4, -0.2) is 173 Å². The Morgan fingerprint density at radius 1 is 0.650 bits per heavy atom. The summed E-state index contributed by atoms with van der Waals surface area (Å²) in [6, 6.07) is 21.9. The van der Waals surface area contributed by atoms with E-state index < -0.39 is 29.4 Å². The lowest BCUT2D eigenvalue weighted by Crippen LogP contribution is -2.57. The molecule has 1 aliphatic carbocycles. The second-order valence-corrected chi connectivity index (χ2v) is 22.5. The first-order valence-electron chi connectivity index (χ1n) is 28.7. The van der Waals surface area contributed by atoms with Gasteiger partial charge < -0.3 is 30.2 Å². The van der Waals surface area contributed by atoms with Crippen molar-refractivity contribution in [2.75, 3.05) is 98.2 Å². The molecule has 0 spiro atoms. The molecule has 2 atom stereocenters. The van der Waals surface area contributed by atoms with Gasteiger partial charge in [-0.1, -0.05) is 61.7 Å². The molecule has 424 valence electrons. The van der Waals surface area contributed by atoms with Gasteiger partial charge in [-0.15, -0.1) is 0 Å². The Labute approximate surface area is 465 Å². The van der Waals surface area contributed by atoms with Crippen molar-refractivity contribution in [3.8, 4) is 0 Å². The number of carbonyl (C=O) groups excluding carboxylic acids is 5. The minimum absolute atomic E-state index is 0.0173. The van der Waals surface area contributed by atoms with Gasteiger partial charge in [0.1, 0.15) is 23.5 Å². The summed E-state index contributed by atoms with van der Waals surface area (Å²) in [5.41, 5.74) is 2.71. The van der Waals surface area contributed by atoms with Crippen LogP contribution in [0.1, 0.15) is 107 Å². The predicted octanol–water partition coefficient (Wildman–Crippen LogP) is 5.95. The first kappa shape index (κ1) is 56.3. The second-order valence-electron chi connectivity index (χ2n) is 22.5. The minimum Gasteiger partial charge on any atom is -0.341 e. The van der Waals surface area contributed by atoms with Crippen LogP contribution in [0.5, 0.6) is 0 Å². The number of likely N-dealkylation sites (tertiary alicyclic amines) is 2. The van der Waals surface area contributed by atoms with Gasteiger partial charge in [-0.25, -0.2) is 18.3 Å². The van der Waals surface area contributed by atoms with Crippen molar-refractivity contribution < 1.29 is 37.1 Å². The molecule has 1 aromatic heterocycles.